The van der Waals surface area contributed by atoms with Crippen molar-refractivity contribution >= 4 is 33.1 Å². The van der Waals surface area contributed by atoms with Crippen LogP contribution in [0.2, 0.25) is 0 Å². The minimum Gasteiger partial charge on any atom is -0.489 e. The Morgan fingerprint density at radius 2 is 1.24 bits per heavy atom. The van der Waals surface area contributed by atoms with Gasteiger partial charge in [0.1, 0.15) is 30.3 Å². The first-order valence-corrected chi connectivity index (χ1v) is 11.1. The van der Waals surface area contributed by atoms with Gasteiger partial charge in [0.15, 0.2) is 0 Å². The van der Waals surface area contributed by atoms with Crippen LogP contribution >= 0.6 is 0 Å². The second-order valence-electron chi connectivity index (χ2n) is 8.15. The van der Waals surface area contributed by atoms with E-state index in [1.54, 1.807) is 60.7 Å². The molecule has 0 aliphatic heterocycles. The number of hydrogen-bond donors (Lipinski definition) is 0. The summed E-state index contributed by atoms with van der Waals surface area (Å²) < 4.78 is 17.6. The number of rotatable bonds is 8. The molecule has 0 aliphatic rings. The minimum absolute atomic E-state index is 0.0231. The molecule has 5 rings (SSSR count). The summed E-state index contributed by atoms with van der Waals surface area (Å²) in [5.74, 6) is 0.762. The number of nitro groups is 2. The van der Waals surface area contributed by atoms with E-state index in [9.17, 15) is 25.0 Å². The number of nitrogens with zero attached hydrogens (tertiary/aromatic N) is 2. The van der Waals surface area contributed by atoms with Crippen LogP contribution < -0.4 is 15.1 Å². The molecule has 184 valence electrons. The van der Waals surface area contributed by atoms with Crippen molar-refractivity contribution in [2.45, 2.75) is 13.2 Å². The summed E-state index contributed by atoms with van der Waals surface area (Å²) in [7, 11) is 0. The predicted molar refractivity (Wildman–Crippen MR) is 135 cm³/mol. The standard InChI is InChI=1S/C27H18N2O8/c30-27-23-4-2-1-3-22(23)26-24(36-16-18-7-11-20(12-8-18)29(33)34)13-21(14-25(26)37-27)35-15-17-5-9-19(10-6-17)28(31)32/h1-14H,15-16H2. The Hall–Kier alpha value is -5.25. The van der Waals surface area contributed by atoms with E-state index in [-0.39, 0.29) is 30.2 Å². The van der Waals surface area contributed by atoms with Crippen molar-refractivity contribution in [3.63, 3.8) is 0 Å². The van der Waals surface area contributed by atoms with Gasteiger partial charge in [-0.2, -0.15) is 0 Å². The number of hydrogen-bond acceptors (Lipinski definition) is 8. The zero-order valence-corrected chi connectivity index (χ0v) is 19.2. The maximum atomic E-state index is 12.6. The van der Waals surface area contributed by atoms with Crippen molar-refractivity contribution in [1.29, 1.82) is 0 Å². The molecule has 0 spiro atoms. The Labute approximate surface area is 208 Å². The zero-order valence-electron chi connectivity index (χ0n) is 19.2. The molecule has 0 N–H and O–H groups in total. The molecule has 0 saturated heterocycles. The molecular weight excluding hydrogens is 480 g/mol. The lowest BCUT2D eigenvalue weighted by molar-refractivity contribution is -0.385. The van der Waals surface area contributed by atoms with Gasteiger partial charge in [-0.25, -0.2) is 4.79 Å². The number of ether oxygens (including phenoxy) is 2. The number of nitro benzene ring substituents is 2. The van der Waals surface area contributed by atoms with E-state index in [1.807, 2.05) is 0 Å². The van der Waals surface area contributed by atoms with Crippen molar-refractivity contribution in [2.75, 3.05) is 0 Å². The maximum Gasteiger partial charge on any atom is 0.344 e. The molecule has 0 fully saturated rings. The highest BCUT2D eigenvalue weighted by atomic mass is 16.6. The Kier molecular flexibility index (Phi) is 6.21. The highest BCUT2D eigenvalue weighted by Crippen LogP contribution is 2.36. The van der Waals surface area contributed by atoms with Gasteiger partial charge in [-0.1, -0.05) is 18.2 Å². The quantitative estimate of drug-likeness (QED) is 0.111. The number of fused-ring (bicyclic) bond motifs is 3. The zero-order chi connectivity index (χ0) is 25.9. The second-order valence-corrected chi connectivity index (χ2v) is 8.15. The van der Waals surface area contributed by atoms with Crippen LogP contribution in [0.3, 0.4) is 0 Å². The van der Waals surface area contributed by atoms with Crippen LogP contribution in [0.1, 0.15) is 11.1 Å². The third-order valence-electron chi connectivity index (χ3n) is 5.75. The normalized spacial score (nSPS) is 10.9. The van der Waals surface area contributed by atoms with Gasteiger partial charge >= 0.3 is 5.63 Å². The molecule has 0 amide bonds. The highest BCUT2D eigenvalue weighted by Gasteiger charge is 2.15. The summed E-state index contributed by atoms with van der Waals surface area (Å²) in [6, 6.07) is 22.3. The van der Waals surface area contributed by atoms with Gasteiger partial charge in [-0.15, -0.1) is 0 Å². The molecule has 10 heteroatoms. The van der Waals surface area contributed by atoms with Gasteiger partial charge in [0.25, 0.3) is 11.4 Å². The first kappa shape index (κ1) is 23.5. The summed E-state index contributed by atoms with van der Waals surface area (Å²) in [6.45, 7) is 0.218. The summed E-state index contributed by atoms with van der Waals surface area (Å²) >= 11 is 0. The third-order valence-corrected chi connectivity index (χ3v) is 5.75. The maximum absolute atomic E-state index is 12.6. The second kappa shape index (κ2) is 9.78. The fourth-order valence-corrected chi connectivity index (χ4v) is 3.90. The van der Waals surface area contributed by atoms with E-state index in [1.165, 1.54) is 24.3 Å². The lowest BCUT2D eigenvalue weighted by Crippen LogP contribution is -2.03. The average Bonchev–Trinajstić information content (AvgIpc) is 2.91. The van der Waals surface area contributed by atoms with Crippen LogP contribution in [-0.2, 0) is 13.2 Å². The number of benzene rings is 4. The van der Waals surface area contributed by atoms with Crippen molar-refractivity contribution in [2.24, 2.45) is 0 Å². The van der Waals surface area contributed by atoms with Crippen molar-refractivity contribution in [3.8, 4) is 11.5 Å². The van der Waals surface area contributed by atoms with E-state index in [2.05, 4.69) is 0 Å². The first-order valence-electron chi connectivity index (χ1n) is 11.1. The Morgan fingerprint density at radius 1 is 0.703 bits per heavy atom. The van der Waals surface area contributed by atoms with Crippen LogP contribution in [0.15, 0.2) is 94.1 Å². The van der Waals surface area contributed by atoms with E-state index in [0.717, 1.165) is 0 Å². The minimum atomic E-state index is -0.503. The molecule has 0 bridgehead atoms. The topological polar surface area (TPSA) is 135 Å². The molecule has 0 radical (unpaired) electrons. The molecule has 37 heavy (non-hydrogen) atoms. The molecule has 4 aromatic carbocycles. The predicted octanol–water partition coefficient (Wildman–Crippen LogP) is 5.92. The molecule has 5 aromatic rings. The van der Waals surface area contributed by atoms with Gasteiger partial charge < -0.3 is 13.9 Å². The molecule has 0 aliphatic carbocycles. The number of non-ortho nitro benzene ring substituents is 2. The lowest BCUT2D eigenvalue weighted by Gasteiger charge is -2.14. The highest BCUT2D eigenvalue weighted by molar-refractivity contribution is 6.08. The van der Waals surface area contributed by atoms with Crippen LogP contribution in [0.25, 0.3) is 21.7 Å². The van der Waals surface area contributed by atoms with Crippen LogP contribution in [-0.4, -0.2) is 9.85 Å². The monoisotopic (exact) mass is 498 g/mol. The third kappa shape index (κ3) is 4.94. The molecule has 0 unspecified atom stereocenters. The van der Waals surface area contributed by atoms with Crippen LogP contribution in [0, 0.1) is 20.2 Å². The molecular formula is C27H18N2O8. The molecule has 10 nitrogen and oxygen atoms in total. The summed E-state index contributed by atoms with van der Waals surface area (Å²) in [5.41, 5.74) is 1.13. The van der Waals surface area contributed by atoms with Gasteiger partial charge in [0, 0.05) is 41.8 Å². The van der Waals surface area contributed by atoms with E-state index >= 15 is 0 Å². The Morgan fingerprint density at radius 3 is 1.81 bits per heavy atom. The van der Waals surface area contributed by atoms with Gasteiger partial charge in [0.2, 0.25) is 0 Å². The molecule has 0 atom stereocenters. The molecule has 0 saturated carbocycles. The first-order chi connectivity index (χ1) is 17.9. The smallest absolute Gasteiger partial charge is 0.344 e. The summed E-state index contributed by atoms with van der Waals surface area (Å²) in [4.78, 5) is 33.4. The Bertz CT molecular complexity index is 1690. The van der Waals surface area contributed by atoms with E-state index in [0.29, 0.717) is 38.8 Å². The summed E-state index contributed by atoms with van der Waals surface area (Å²) in [6.07, 6.45) is 0. The Balaban J connectivity index is 1.50. The van der Waals surface area contributed by atoms with E-state index in [4.69, 9.17) is 13.9 Å². The van der Waals surface area contributed by atoms with Gasteiger partial charge in [-0.3, -0.25) is 20.2 Å². The fraction of sp³-hybridized carbons (Fsp3) is 0.0741. The van der Waals surface area contributed by atoms with Crippen LogP contribution in [0.4, 0.5) is 11.4 Å². The van der Waals surface area contributed by atoms with Crippen molar-refractivity contribution in [1.82, 2.24) is 0 Å². The average molecular weight is 498 g/mol. The largest absolute Gasteiger partial charge is 0.489 e. The van der Waals surface area contributed by atoms with Crippen molar-refractivity contribution < 1.29 is 23.7 Å². The van der Waals surface area contributed by atoms with Crippen LogP contribution in [0.5, 0.6) is 11.5 Å². The lowest BCUT2D eigenvalue weighted by atomic mass is 10.1. The molecule has 1 aromatic heterocycles. The summed E-state index contributed by atoms with van der Waals surface area (Å²) in [5, 5.41) is 23.4. The van der Waals surface area contributed by atoms with Gasteiger partial charge in [0.05, 0.1) is 20.6 Å². The van der Waals surface area contributed by atoms with Gasteiger partial charge in [-0.05, 0) is 41.5 Å². The molecule has 1 heterocycles. The SMILES string of the molecule is O=c1oc2cc(OCc3ccc([N+](=O)[O-])cc3)cc(OCc3ccc([N+](=O)[O-])cc3)c2c2ccccc12. The van der Waals surface area contributed by atoms with Crippen molar-refractivity contribution in [3.05, 3.63) is 127 Å². The van der Waals surface area contributed by atoms with E-state index < -0.39 is 15.5 Å². The fourth-order valence-electron chi connectivity index (χ4n) is 3.90.